The predicted octanol–water partition coefficient (Wildman–Crippen LogP) is 4.75. The molecule has 7 heteroatoms. The molecule has 0 saturated heterocycles. The van der Waals surface area contributed by atoms with Crippen LogP contribution < -0.4 is 15.0 Å². The number of aromatic nitrogens is 2. The fraction of sp³-hybridized carbons (Fsp3) is 0.375. The van der Waals surface area contributed by atoms with Crippen molar-refractivity contribution < 1.29 is 14.3 Å². The second-order valence-electron chi connectivity index (χ2n) is 7.63. The number of carbonyl (C=O) groups excluding carboxylic acids is 1. The molecule has 1 fully saturated rings. The van der Waals surface area contributed by atoms with Crippen LogP contribution in [-0.4, -0.2) is 35.7 Å². The molecule has 1 saturated carbocycles. The number of benzene rings is 1. The average molecular weight is 438 g/mol. The lowest BCUT2D eigenvalue weighted by Crippen LogP contribution is -2.29. The monoisotopic (exact) mass is 437 g/mol. The first-order chi connectivity index (χ1) is 15.2. The molecule has 2 aromatic heterocycles. The van der Waals surface area contributed by atoms with Crippen LogP contribution in [0.2, 0.25) is 0 Å². The van der Waals surface area contributed by atoms with Gasteiger partial charge < -0.3 is 9.47 Å². The first kappa shape index (κ1) is 21.3. The van der Waals surface area contributed by atoms with E-state index in [-0.39, 0.29) is 12.3 Å². The van der Waals surface area contributed by atoms with Crippen molar-refractivity contribution in [1.29, 1.82) is 0 Å². The number of rotatable bonds is 6. The van der Waals surface area contributed by atoms with Gasteiger partial charge in [0.1, 0.15) is 10.5 Å². The molecule has 4 rings (SSSR count). The number of hydrogen-bond donors (Lipinski definition) is 0. The van der Waals surface area contributed by atoms with Crippen LogP contribution in [-0.2, 0) is 6.42 Å². The van der Waals surface area contributed by atoms with Gasteiger partial charge in [-0.3, -0.25) is 14.4 Å². The summed E-state index contributed by atoms with van der Waals surface area (Å²) in [6.45, 7) is 0. The topological polar surface area (TPSA) is 65.7 Å². The van der Waals surface area contributed by atoms with E-state index >= 15 is 0 Å². The minimum Gasteiger partial charge on any atom is -0.493 e. The summed E-state index contributed by atoms with van der Waals surface area (Å²) < 4.78 is 12.3. The Morgan fingerprint density at radius 1 is 1.13 bits per heavy atom. The van der Waals surface area contributed by atoms with Gasteiger partial charge in [-0.15, -0.1) is 11.3 Å². The number of ether oxygens (including phenoxy) is 2. The third kappa shape index (κ3) is 5.05. The van der Waals surface area contributed by atoms with Gasteiger partial charge in [-0.05, 0) is 43.2 Å². The summed E-state index contributed by atoms with van der Waals surface area (Å²) in [7, 11) is 3.22. The molecule has 3 aromatic rings. The summed E-state index contributed by atoms with van der Waals surface area (Å²) in [5.41, 5.74) is 2.41. The molecule has 0 amide bonds. The van der Waals surface area contributed by atoms with E-state index in [0.29, 0.717) is 17.5 Å². The molecule has 162 valence electrons. The maximum atomic E-state index is 13.0. The predicted molar refractivity (Wildman–Crippen MR) is 122 cm³/mol. The summed E-state index contributed by atoms with van der Waals surface area (Å²) in [6.07, 6.45) is 7.94. The Hall–Kier alpha value is -2.93. The normalized spacial score (nSPS) is 15.1. The van der Waals surface area contributed by atoms with Crippen molar-refractivity contribution in [1.82, 2.24) is 9.55 Å². The zero-order valence-corrected chi connectivity index (χ0v) is 18.7. The molecule has 2 heterocycles. The molecular weight excluding hydrogens is 410 g/mol. The Morgan fingerprint density at radius 3 is 2.71 bits per heavy atom. The van der Waals surface area contributed by atoms with Crippen molar-refractivity contribution in [3.8, 4) is 22.1 Å². The van der Waals surface area contributed by atoms with Crippen LogP contribution in [0.15, 0.2) is 53.0 Å². The minimum absolute atomic E-state index is 0.0284. The van der Waals surface area contributed by atoms with E-state index in [9.17, 15) is 4.79 Å². The largest absolute Gasteiger partial charge is 0.493 e. The fourth-order valence-electron chi connectivity index (χ4n) is 3.88. The van der Waals surface area contributed by atoms with Crippen LogP contribution in [0.4, 0.5) is 0 Å². The van der Waals surface area contributed by atoms with Gasteiger partial charge in [0.25, 0.3) is 0 Å². The number of carbonyl (C=O) groups is 1. The zero-order valence-electron chi connectivity index (χ0n) is 17.9. The average Bonchev–Trinajstić information content (AvgIpc) is 3.28. The Morgan fingerprint density at radius 2 is 1.94 bits per heavy atom. The quantitative estimate of drug-likeness (QED) is 0.558. The van der Waals surface area contributed by atoms with E-state index in [1.54, 1.807) is 25.0 Å². The Balaban J connectivity index is 1.53. The minimum atomic E-state index is -0.0284. The highest BCUT2D eigenvalue weighted by atomic mass is 32.1. The number of methoxy groups -OCH3 is 2. The number of nitrogens with zero attached hydrogens (tertiary/aromatic N) is 3. The molecular formula is C24H27N3O3S. The van der Waals surface area contributed by atoms with Gasteiger partial charge >= 0.3 is 0 Å². The van der Waals surface area contributed by atoms with Crippen molar-refractivity contribution in [2.24, 2.45) is 4.99 Å². The molecule has 31 heavy (non-hydrogen) atoms. The third-order valence-corrected chi connectivity index (χ3v) is 6.45. The van der Waals surface area contributed by atoms with Crippen LogP contribution >= 0.6 is 11.3 Å². The van der Waals surface area contributed by atoms with Gasteiger partial charge in [0.15, 0.2) is 11.5 Å². The van der Waals surface area contributed by atoms with Gasteiger partial charge in [0.2, 0.25) is 5.91 Å². The first-order valence-corrected chi connectivity index (χ1v) is 11.5. The molecule has 1 aromatic carbocycles. The smallest absolute Gasteiger partial charge is 0.238 e. The van der Waals surface area contributed by atoms with Gasteiger partial charge in [-0.1, -0.05) is 25.3 Å². The number of hydrogen-bond acceptors (Lipinski definition) is 6. The van der Waals surface area contributed by atoms with Gasteiger partial charge in [-0.25, -0.2) is 4.98 Å². The van der Waals surface area contributed by atoms with E-state index in [4.69, 9.17) is 14.5 Å². The van der Waals surface area contributed by atoms with Gasteiger partial charge in [-0.2, -0.15) is 0 Å². The lowest BCUT2D eigenvalue weighted by molar-refractivity contribution is 0.0907. The second kappa shape index (κ2) is 9.92. The molecule has 0 unspecified atom stereocenters. The molecule has 0 N–H and O–H groups in total. The van der Waals surface area contributed by atoms with E-state index in [1.165, 1.54) is 30.6 Å². The SMILES string of the molecule is COc1ccc(-c2nc(CC(=O)n3ccccc3=NC3CCCCC3)cs2)cc1OC. The number of thiazole rings is 1. The second-order valence-corrected chi connectivity index (χ2v) is 8.49. The van der Waals surface area contributed by atoms with Crippen molar-refractivity contribution in [3.05, 3.63) is 59.2 Å². The summed E-state index contributed by atoms with van der Waals surface area (Å²) in [4.78, 5) is 22.6. The highest BCUT2D eigenvalue weighted by Crippen LogP contribution is 2.33. The van der Waals surface area contributed by atoms with E-state index in [0.717, 1.165) is 34.6 Å². The van der Waals surface area contributed by atoms with Crippen LogP contribution in [0.1, 0.15) is 42.6 Å². The maximum Gasteiger partial charge on any atom is 0.238 e. The molecule has 0 atom stereocenters. The molecule has 1 aliphatic carbocycles. The van der Waals surface area contributed by atoms with Crippen LogP contribution in [0, 0.1) is 0 Å². The first-order valence-electron chi connectivity index (χ1n) is 10.6. The molecule has 0 spiro atoms. The third-order valence-electron chi connectivity index (χ3n) is 5.51. The van der Waals surface area contributed by atoms with Gasteiger partial charge in [0.05, 0.1) is 32.4 Å². The van der Waals surface area contributed by atoms with Crippen LogP contribution in [0.3, 0.4) is 0 Å². The molecule has 0 aliphatic heterocycles. The highest BCUT2D eigenvalue weighted by Gasteiger charge is 2.15. The molecule has 6 nitrogen and oxygen atoms in total. The van der Waals surface area contributed by atoms with Crippen molar-refractivity contribution in [3.63, 3.8) is 0 Å². The lowest BCUT2D eigenvalue weighted by Gasteiger charge is -2.17. The number of pyridine rings is 1. The Bertz CT molecular complexity index is 1110. The van der Waals surface area contributed by atoms with E-state index in [1.807, 2.05) is 41.8 Å². The van der Waals surface area contributed by atoms with Gasteiger partial charge in [0, 0.05) is 17.1 Å². The summed E-state index contributed by atoms with van der Waals surface area (Å²) >= 11 is 1.51. The van der Waals surface area contributed by atoms with Crippen molar-refractivity contribution in [2.75, 3.05) is 14.2 Å². The Kier molecular flexibility index (Phi) is 6.82. The highest BCUT2D eigenvalue weighted by molar-refractivity contribution is 7.13. The summed E-state index contributed by atoms with van der Waals surface area (Å²) in [6, 6.07) is 11.7. The van der Waals surface area contributed by atoms with Crippen molar-refractivity contribution in [2.45, 2.75) is 44.6 Å². The molecule has 0 radical (unpaired) electrons. The molecule has 1 aliphatic rings. The Labute approximate surface area is 186 Å². The molecule has 0 bridgehead atoms. The fourth-order valence-corrected chi connectivity index (χ4v) is 4.69. The lowest BCUT2D eigenvalue weighted by atomic mass is 9.96. The van der Waals surface area contributed by atoms with Crippen LogP contribution in [0.25, 0.3) is 10.6 Å². The van der Waals surface area contributed by atoms with Crippen LogP contribution in [0.5, 0.6) is 11.5 Å². The van der Waals surface area contributed by atoms with E-state index < -0.39 is 0 Å². The summed E-state index contributed by atoms with van der Waals surface area (Å²) in [5, 5.41) is 2.78. The van der Waals surface area contributed by atoms with E-state index in [2.05, 4.69) is 4.98 Å². The standard InChI is InChI=1S/C24H27N3O3S/c1-29-20-12-11-17(14-21(20)30-2)24-26-19(16-31-24)15-23(28)27-13-7-6-10-22(27)25-18-8-4-3-5-9-18/h6-7,10-14,16,18H,3-5,8-9,15H2,1-2H3. The maximum absolute atomic E-state index is 13.0. The zero-order chi connectivity index (χ0) is 21.6. The van der Waals surface area contributed by atoms with Crippen molar-refractivity contribution >= 4 is 17.2 Å². The summed E-state index contributed by atoms with van der Waals surface area (Å²) in [5.74, 6) is 1.30.